The molecule has 210 valence electrons. The summed E-state index contributed by atoms with van der Waals surface area (Å²) in [5.74, 6) is 2.17. The zero-order chi connectivity index (χ0) is 28.8. The highest BCUT2D eigenvalue weighted by Crippen LogP contribution is 2.38. The zero-order valence-corrected chi connectivity index (χ0v) is 24.1. The van der Waals surface area contributed by atoms with Gasteiger partial charge in [-0.25, -0.2) is 9.67 Å². The van der Waals surface area contributed by atoms with Gasteiger partial charge in [-0.05, 0) is 42.8 Å². The molecule has 0 saturated carbocycles. The molecule has 0 aliphatic heterocycles. The average molecular weight is 590 g/mol. The van der Waals surface area contributed by atoms with Crippen molar-refractivity contribution in [2.24, 2.45) is 0 Å². The molecule has 0 radical (unpaired) electrons. The molecule has 41 heavy (non-hydrogen) atoms. The third-order valence-electron chi connectivity index (χ3n) is 6.06. The molecule has 0 bridgehead atoms. The number of ether oxygens (including phenoxy) is 3. The molecule has 0 fully saturated rings. The molecule has 3 aromatic carbocycles. The van der Waals surface area contributed by atoms with Gasteiger partial charge in [0.1, 0.15) is 18.2 Å². The standard InChI is InChI=1S/C30H28N3O6PS/c1-21-26(31-30(41-21)23-9-5-3-6-10-23)20-38-27-14-13-22(17-28(27)37-2)19-39-29-24(15-16-40(34,35)36)18-33(32-29)25-11-7-4-8-12-25/h3-18H,19-20H2,1-2H3,(H2,34,35,36)/b16-15+. The van der Waals surface area contributed by atoms with E-state index in [0.717, 1.165) is 38.2 Å². The summed E-state index contributed by atoms with van der Waals surface area (Å²) in [6, 6.07) is 24.9. The van der Waals surface area contributed by atoms with Crippen LogP contribution in [0.15, 0.2) is 90.9 Å². The van der Waals surface area contributed by atoms with E-state index in [4.69, 9.17) is 19.2 Å². The summed E-state index contributed by atoms with van der Waals surface area (Å²) in [5, 5.41) is 5.43. The molecular weight excluding hydrogens is 561 g/mol. The van der Waals surface area contributed by atoms with Crippen molar-refractivity contribution in [1.82, 2.24) is 14.8 Å². The van der Waals surface area contributed by atoms with Crippen molar-refractivity contribution in [2.45, 2.75) is 20.1 Å². The number of methoxy groups -OCH3 is 1. The Kier molecular flexibility index (Phi) is 8.66. The molecule has 0 amide bonds. The second-order valence-electron chi connectivity index (χ2n) is 9.03. The van der Waals surface area contributed by atoms with Crippen LogP contribution in [-0.2, 0) is 17.8 Å². The minimum atomic E-state index is -4.36. The normalized spacial score (nSPS) is 11.6. The van der Waals surface area contributed by atoms with E-state index in [2.05, 4.69) is 5.10 Å². The van der Waals surface area contributed by atoms with Crippen molar-refractivity contribution in [2.75, 3.05) is 7.11 Å². The monoisotopic (exact) mass is 589 g/mol. The Balaban J connectivity index is 1.30. The second kappa shape index (κ2) is 12.5. The van der Waals surface area contributed by atoms with E-state index in [9.17, 15) is 14.4 Å². The highest BCUT2D eigenvalue weighted by atomic mass is 32.1. The SMILES string of the molecule is COc1cc(COc2nn(-c3ccccc3)cc2/C=C/P(=O)(O)O)ccc1OCc1nc(-c2ccccc2)sc1C. The quantitative estimate of drug-likeness (QED) is 0.165. The third kappa shape index (κ3) is 7.31. The summed E-state index contributed by atoms with van der Waals surface area (Å²) in [7, 11) is -2.79. The Morgan fingerprint density at radius 3 is 2.39 bits per heavy atom. The van der Waals surface area contributed by atoms with Crippen LogP contribution in [0.5, 0.6) is 17.4 Å². The lowest BCUT2D eigenvalue weighted by Crippen LogP contribution is -2.02. The van der Waals surface area contributed by atoms with Gasteiger partial charge in [-0.3, -0.25) is 4.57 Å². The van der Waals surface area contributed by atoms with Gasteiger partial charge in [0.15, 0.2) is 11.5 Å². The van der Waals surface area contributed by atoms with Crippen LogP contribution >= 0.6 is 18.9 Å². The van der Waals surface area contributed by atoms with Gasteiger partial charge >= 0.3 is 7.60 Å². The lowest BCUT2D eigenvalue weighted by molar-refractivity contribution is 0.276. The Morgan fingerprint density at radius 1 is 0.951 bits per heavy atom. The summed E-state index contributed by atoms with van der Waals surface area (Å²) >= 11 is 1.63. The van der Waals surface area contributed by atoms with E-state index in [1.807, 2.05) is 85.8 Å². The number of aromatic nitrogens is 3. The summed E-state index contributed by atoms with van der Waals surface area (Å²) in [6.45, 7) is 2.47. The van der Waals surface area contributed by atoms with Gasteiger partial charge in [0, 0.05) is 22.5 Å². The lowest BCUT2D eigenvalue weighted by Gasteiger charge is -2.12. The fourth-order valence-corrected chi connectivity index (χ4v) is 5.25. The maximum absolute atomic E-state index is 11.4. The van der Waals surface area contributed by atoms with Crippen LogP contribution in [0.2, 0.25) is 0 Å². The van der Waals surface area contributed by atoms with Crippen LogP contribution < -0.4 is 14.2 Å². The van der Waals surface area contributed by atoms with Gasteiger partial charge < -0.3 is 24.0 Å². The number of hydrogen-bond acceptors (Lipinski definition) is 7. The van der Waals surface area contributed by atoms with Crippen LogP contribution in [0, 0.1) is 6.92 Å². The number of rotatable bonds is 11. The van der Waals surface area contributed by atoms with E-state index < -0.39 is 7.60 Å². The maximum Gasteiger partial charge on any atom is 0.349 e. The molecule has 0 atom stereocenters. The van der Waals surface area contributed by atoms with Gasteiger partial charge in [0.25, 0.3) is 0 Å². The highest BCUT2D eigenvalue weighted by molar-refractivity contribution is 7.55. The molecule has 5 rings (SSSR count). The zero-order valence-electron chi connectivity index (χ0n) is 22.4. The fourth-order valence-electron chi connectivity index (χ4n) is 3.97. The molecule has 11 heteroatoms. The molecule has 2 heterocycles. The number of aryl methyl sites for hydroxylation is 1. The number of thiazole rings is 1. The minimum absolute atomic E-state index is 0.144. The molecule has 2 N–H and O–H groups in total. The molecule has 9 nitrogen and oxygen atoms in total. The molecule has 2 aromatic heterocycles. The molecule has 0 spiro atoms. The maximum atomic E-state index is 11.4. The molecule has 0 unspecified atom stereocenters. The Morgan fingerprint density at radius 2 is 1.68 bits per heavy atom. The second-order valence-corrected chi connectivity index (χ2v) is 11.7. The van der Waals surface area contributed by atoms with Gasteiger partial charge in [-0.1, -0.05) is 54.6 Å². The summed E-state index contributed by atoms with van der Waals surface area (Å²) in [4.78, 5) is 24.4. The van der Waals surface area contributed by atoms with Crippen molar-refractivity contribution in [1.29, 1.82) is 0 Å². The van der Waals surface area contributed by atoms with Crippen LogP contribution in [0.1, 0.15) is 21.7 Å². The first-order valence-electron chi connectivity index (χ1n) is 12.6. The predicted molar refractivity (Wildman–Crippen MR) is 159 cm³/mol. The summed E-state index contributed by atoms with van der Waals surface area (Å²) < 4.78 is 30.6. The highest BCUT2D eigenvalue weighted by Gasteiger charge is 2.15. The number of nitrogens with zero attached hydrogens (tertiary/aromatic N) is 3. The lowest BCUT2D eigenvalue weighted by atomic mass is 10.2. The van der Waals surface area contributed by atoms with Gasteiger partial charge in [0.05, 0.1) is 24.1 Å². The van der Waals surface area contributed by atoms with E-state index in [0.29, 0.717) is 23.7 Å². The first kappa shape index (κ1) is 28.3. The van der Waals surface area contributed by atoms with Crippen molar-refractivity contribution < 1.29 is 28.6 Å². The average Bonchev–Trinajstić information content (AvgIpc) is 3.57. The van der Waals surface area contributed by atoms with E-state index in [1.54, 1.807) is 29.3 Å². The molecule has 0 saturated heterocycles. The summed E-state index contributed by atoms with van der Waals surface area (Å²) in [5.41, 5.74) is 3.95. The number of hydrogen-bond donors (Lipinski definition) is 2. The predicted octanol–water partition coefficient (Wildman–Crippen LogP) is 6.62. The molecule has 0 aliphatic rings. The van der Waals surface area contributed by atoms with Crippen molar-refractivity contribution >= 4 is 25.0 Å². The van der Waals surface area contributed by atoms with Crippen molar-refractivity contribution in [3.05, 3.63) is 113 Å². The molecule has 0 aliphatic carbocycles. The van der Waals surface area contributed by atoms with E-state index in [1.165, 1.54) is 6.08 Å². The van der Waals surface area contributed by atoms with Gasteiger partial charge in [-0.2, -0.15) is 0 Å². The van der Waals surface area contributed by atoms with Crippen LogP contribution in [-0.4, -0.2) is 31.7 Å². The van der Waals surface area contributed by atoms with Crippen LogP contribution in [0.3, 0.4) is 0 Å². The van der Waals surface area contributed by atoms with E-state index in [-0.39, 0.29) is 12.5 Å². The Bertz CT molecular complexity index is 1700. The van der Waals surface area contributed by atoms with Crippen molar-refractivity contribution in [3.63, 3.8) is 0 Å². The topological polar surface area (TPSA) is 116 Å². The first-order chi connectivity index (χ1) is 19.8. The van der Waals surface area contributed by atoms with Crippen molar-refractivity contribution in [3.8, 4) is 33.6 Å². The smallest absolute Gasteiger partial charge is 0.349 e. The molecule has 5 aromatic rings. The summed E-state index contributed by atoms with van der Waals surface area (Å²) in [6.07, 6.45) is 2.96. The van der Waals surface area contributed by atoms with Crippen LogP contribution in [0.4, 0.5) is 0 Å². The first-order valence-corrected chi connectivity index (χ1v) is 15.1. The third-order valence-corrected chi connectivity index (χ3v) is 7.66. The van der Waals surface area contributed by atoms with E-state index >= 15 is 0 Å². The minimum Gasteiger partial charge on any atom is -0.493 e. The van der Waals surface area contributed by atoms with Gasteiger partial charge in [0.2, 0.25) is 5.88 Å². The van der Waals surface area contributed by atoms with Gasteiger partial charge in [-0.15, -0.1) is 16.4 Å². The number of para-hydroxylation sites is 1. The fraction of sp³-hybridized carbons (Fsp3) is 0.133. The molecular formula is C30H28N3O6PS. The van der Waals surface area contributed by atoms with Crippen LogP contribution in [0.25, 0.3) is 22.3 Å². The Labute approximate surface area is 241 Å². The Hall–Kier alpha value is -4.21. The largest absolute Gasteiger partial charge is 0.493 e. The number of benzene rings is 3.